The highest BCUT2D eigenvalue weighted by Crippen LogP contribution is 2.39. The lowest BCUT2D eigenvalue weighted by atomic mass is 9.88. The molecule has 4 atom stereocenters. The van der Waals surface area contributed by atoms with Gasteiger partial charge in [-0.25, -0.2) is 4.79 Å². The number of carboxylic acid groups (broad SMARTS) is 1. The van der Waals surface area contributed by atoms with E-state index >= 15 is 0 Å². The molecule has 2 aromatic rings. The van der Waals surface area contributed by atoms with Crippen LogP contribution >= 0.6 is 0 Å². The minimum Gasteiger partial charge on any atom is -0.480 e. The molecule has 35 heavy (non-hydrogen) atoms. The van der Waals surface area contributed by atoms with Gasteiger partial charge < -0.3 is 10.0 Å². The van der Waals surface area contributed by atoms with Gasteiger partial charge in [0.05, 0.1) is 5.92 Å². The van der Waals surface area contributed by atoms with Crippen molar-refractivity contribution in [2.45, 2.75) is 77.0 Å². The predicted molar refractivity (Wildman–Crippen MR) is 138 cm³/mol. The maximum atomic E-state index is 14.1. The first-order chi connectivity index (χ1) is 16.7. The first-order valence-corrected chi connectivity index (χ1v) is 12.6. The van der Waals surface area contributed by atoms with E-state index in [1.165, 1.54) is 0 Å². The fourth-order valence-electron chi connectivity index (χ4n) is 5.70. The Morgan fingerprint density at radius 3 is 2.09 bits per heavy atom. The summed E-state index contributed by atoms with van der Waals surface area (Å²) in [6, 6.07) is 18.6. The molecule has 1 N–H and O–H groups in total. The van der Waals surface area contributed by atoms with Gasteiger partial charge in [0, 0.05) is 36.5 Å². The van der Waals surface area contributed by atoms with Crippen LogP contribution < -0.4 is 0 Å². The average molecular weight is 473 g/mol. The number of hydrogen-bond donors (Lipinski definition) is 1. The van der Waals surface area contributed by atoms with Gasteiger partial charge >= 0.3 is 5.97 Å². The van der Waals surface area contributed by atoms with Crippen LogP contribution in [0.25, 0.3) is 0 Å². The van der Waals surface area contributed by atoms with Crippen molar-refractivity contribution in [3.8, 4) is 11.8 Å². The number of rotatable bonds is 6. The summed E-state index contributed by atoms with van der Waals surface area (Å²) >= 11 is 0. The molecular weight excluding hydrogens is 436 g/mol. The summed E-state index contributed by atoms with van der Waals surface area (Å²) in [6.07, 6.45) is 2.38. The highest BCUT2D eigenvalue weighted by atomic mass is 16.4. The van der Waals surface area contributed by atoms with E-state index in [2.05, 4.69) is 44.4 Å². The molecule has 2 aromatic carbocycles. The Hall–Kier alpha value is -3.10. The molecule has 0 aromatic heterocycles. The van der Waals surface area contributed by atoms with Crippen LogP contribution in [0.4, 0.5) is 0 Å². The van der Waals surface area contributed by atoms with Crippen molar-refractivity contribution in [3.63, 3.8) is 0 Å². The molecule has 1 amide bonds. The van der Waals surface area contributed by atoms with Crippen LogP contribution in [0.5, 0.6) is 0 Å². The van der Waals surface area contributed by atoms with E-state index in [4.69, 9.17) is 0 Å². The standard InChI is InChI=1S/C30H36N2O3/c1-21(12-11-19-30(2,3)4)32-24-17-18-25(32)27(29(34)35)31(20-24)28(33)26(22-13-7-5-8-14-22)23-15-9-6-10-16-23/h5-10,13-16,21,24-27H,12,17-18,20H2,1-4H3,(H,34,35)/t21-,24+,25-,27+/m1/s1. The lowest BCUT2D eigenvalue weighted by Gasteiger charge is -2.48. The second kappa shape index (κ2) is 10.3. The zero-order valence-electron chi connectivity index (χ0n) is 21.1. The molecule has 2 fully saturated rings. The lowest BCUT2D eigenvalue weighted by molar-refractivity contribution is -0.158. The van der Waals surface area contributed by atoms with Gasteiger partial charge in [-0.1, -0.05) is 66.6 Å². The summed E-state index contributed by atoms with van der Waals surface area (Å²) in [4.78, 5) is 30.7. The molecule has 5 heteroatoms. The van der Waals surface area contributed by atoms with Crippen molar-refractivity contribution in [2.24, 2.45) is 5.41 Å². The van der Waals surface area contributed by atoms with E-state index in [9.17, 15) is 14.7 Å². The molecule has 2 heterocycles. The summed E-state index contributed by atoms with van der Waals surface area (Å²) in [5.41, 5.74) is 1.71. The van der Waals surface area contributed by atoms with E-state index in [1.54, 1.807) is 4.90 Å². The number of amides is 1. The molecule has 0 saturated carbocycles. The number of fused-ring (bicyclic) bond motifs is 2. The minimum absolute atomic E-state index is 0.0582. The van der Waals surface area contributed by atoms with Crippen molar-refractivity contribution in [1.82, 2.24) is 9.80 Å². The Labute approximate surface area is 209 Å². The van der Waals surface area contributed by atoms with Crippen LogP contribution in [-0.2, 0) is 9.59 Å². The van der Waals surface area contributed by atoms with Gasteiger partial charge in [-0.2, -0.15) is 0 Å². The summed E-state index contributed by atoms with van der Waals surface area (Å²) in [7, 11) is 0. The zero-order valence-corrected chi connectivity index (χ0v) is 21.1. The number of piperazine rings is 1. The molecule has 2 aliphatic rings. The maximum Gasteiger partial charge on any atom is 0.328 e. The number of carboxylic acids is 1. The second-order valence-electron chi connectivity index (χ2n) is 10.9. The second-order valence-corrected chi connectivity index (χ2v) is 10.9. The van der Waals surface area contributed by atoms with Gasteiger partial charge in [0.2, 0.25) is 5.91 Å². The van der Waals surface area contributed by atoms with Crippen molar-refractivity contribution in [3.05, 3.63) is 71.8 Å². The Morgan fingerprint density at radius 2 is 1.57 bits per heavy atom. The lowest BCUT2D eigenvalue weighted by Crippen LogP contribution is -2.65. The summed E-state index contributed by atoms with van der Waals surface area (Å²) in [5.74, 6) is 5.02. The van der Waals surface area contributed by atoms with E-state index < -0.39 is 17.9 Å². The smallest absolute Gasteiger partial charge is 0.328 e. The molecule has 184 valence electrons. The fraction of sp³-hybridized carbons (Fsp3) is 0.467. The van der Waals surface area contributed by atoms with Crippen LogP contribution in [0.2, 0.25) is 0 Å². The van der Waals surface area contributed by atoms with Crippen molar-refractivity contribution < 1.29 is 14.7 Å². The van der Waals surface area contributed by atoms with Gasteiger partial charge in [-0.05, 0) is 51.7 Å². The third-order valence-electron chi connectivity index (χ3n) is 7.13. The van der Waals surface area contributed by atoms with Crippen molar-refractivity contribution >= 4 is 11.9 Å². The normalized spacial score (nSPS) is 23.0. The molecule has 0 spiro atoms. The number of aliphatic carboxylic acids is 1. The molecule has 0 unspecified atom stereocenters. The number of carbonyl (C=O) groups excluding carboxylic acids is 1. The Morgan fingerprint density at radius 1 is 1.00 bits per heavy atom. The molecule has 2 aliphatic heterocycles. The van der Waals surface area contributed by atoms with Crippen LogP contribution in [0, 0.1) is 17.3 Å². The molecule has 5 nitrogen and oxygen atoms in total. The minimum atomic E-state index is -0.929. The largest absolute Gasteiger partial charge is 0.480 e. The number of benzene rings is 2. The zero-order chi connectivity index (χ0) is 25.2. The van der Waals surface area contributed by atoms with Crippen LogP contribution in [0.1, 0.15) is 64.0 Å². The average Bonchev–Trinajstić information content (AvgIpc) is 3.12. The third kappa shape index (κ3) is 5.44. The summed E-state index contributed by atoms with van der Waals surface area (Å²) in [6.45, 7) is 8.84. The molecule has 0 aliphatic carbocycles. The van der Waals surface area contributed by atoms with Gasteiger partial charge in [0.1, 0.15) is 6.04 Å². The van der Waals surface area contributed by atoms with E-state index in [0.717, 1.165) is 24.0 Å². The van der Waals surface area contributed by atoms with E-state index in [0.29, 0.717) is 13.0 Å². The fourth-order valence-corrected chi connectivity index (χ4v) is 5.70. The summed E-state index contributed by atoms with van der Waals surface area (Å²) < 4.78 is 0. The van der Waals surface area contributed by atoms with Crippen LogP contribution in [0.15, 0.2) is 60.7 Å². The molecule has 4 rings (SSSR count). The molecule has 2 saturated heterocycles. The van der Waals surface area contributed by atoms with Gasteiger partial charge in [0.25, 0.3) is 0 Å². The number of carbonyl (C=O) groups is 2. The third-order valence-corrected chi connectivity index (χ3v) is 7.13. The van der Waals surface area contributed by atoms with Crippen molar-refractivity contribution in [2.75, 3.05) is 6.54 Å². The highest BCUT2D eigenvalue weighted by Gasteiger charge is 2.52. The Kier molecular flexibility index (Phi) is 7.33. The predicted octanol–water partition coefficient (Wildman–Crippen LogP) is 4.78. The number of likely N-dealkylation sites (tertiary alicyclic amines) is 1. The first-order valence-electron chi connectivity index (χ1n) is 12.6. The van der Waals surface area contributed by atoms with Crippen LogP contribution in [0.3, 0.4) is 0 Å². The van der Waals surface area contributed by atoms with Crippen molar-refractivity contribution in [1.29, 1.82) is 0 Å². The number of nitrogens with zero attached hydrogens (tertiary/aromatic N) is 2. The number of hydrogen-bond acceptors (Lipinski definition) is 3. The van der Waals surface area contributed by atoms with Gasteiger partial charge in [0.15, 0.2) is 0 Å². The molecule has 0 radical (unpaired) electrons. The van der Waals surface area contributed by atoms with E-state index in [1.807, 2.05) is 60.7 Å². The quantitative estimate of drug-likeness (QED) is 0.615. The Balaban J connectivity index is 1.64. The van der Waals surface area contributed by atoms with Crippen LogP contribution in [-0.4, -0.2) is 57.5 Å². The molecular formula is C30H36N2O3. The SMILES string of the molecule is C[C@H](CC#CC(C)(C)C)N1[C@H]2CC[C@@H]1[C@@H](C(=O)O)N(C(=O)C(c1ccccc1)c1ccccc1)C2. The highest BCUT2D eigenvalue weighted by molar-refractivity contribution is 5.91. The molecule has 2 bridgehead atoms. The topological polar surface area (TPSA) is 60.9 Å². The monoisotopic (exact) mass is 472 g/mol. The van der Waals surface area contributed by atoms with E-state index in [-0.39, 0.29) is 29.4 Å². The summed E-state index contributed by atoms with van der Waals surface area (Å²) in [5, 5.41) is 10.3. The van der Waals surface area contributed by atoms with Gasteiger partial charge in [-0.15, -0.1) is 5.92 Å². The maximum absolute atomic E-state index is 14.1. The Bertz CT molecular complexity index is 1060. The van der Waals surface area contributed by atoms with Gasteiger partial charge in [-0.3, -0.25) is 9.69 Å². The first kappa shape index (κ1) is 25.0.